The molecule has 4 nitrogen and oxygen atoms in total. The maximum atomic E-state index is 6.50. The molecule has 9 rings (SSSR count). The van der Waals surface area contributed by atoms with Gasteiger partial charge in [0.25, 0.3) is 0 Å². The molecule has 0 N–H and O–H groups in total. The fourth-order valence-corrected chi connectivity index (χ4v) is 7.67. The molecule has 0 saturated carbocycles. The number of hydrogen-bond donors (Lipinski definition) is 0. The van der Waals surface area contributed by atoms with E-state index in [4.69, 9.17) is 93.4 Å². The van der Waals surface area contributed by atoms with Crippen LogP contribution in [0.25, 0.3) is 83.9 Å². The summed E-state index contributed by atoms with van der Waals surface area (Å²) in [6, 6.07) is 41.5. The van der Waals surface area contributed by atoms with Crippen LogP contribution in [0.1, 0.15) is 0 Å². The van der Waals surface area contributed by atoms with Gasteiger partial charge in [-0.05, 0) is 52.6 Å². The third-order valence-corrected chi connectivity index (χ3v) is 10.8. The van der Waals surface area contributed by atoms with Gasteiger partial charge in [-0.15, -0.1) is 32.8 Å². The van der Waals surface area contributed by atoms with Crippen LogP contribution >= 0.6 is 0 Å². The Labute approximate surface area is 356 Å². The molecule has 59 heavy (non-hydrogen) atoms. The lowest BCUT2D eigenvalue weighted by Gasteiger charge is -2.22. The van der Waals surface area contributed by atoms with Crippen molar-refractivity contribution in [2.75, 3.05) is 0 Å². The van der Waals surface area contributed by atoms with E-state index < -0.39 is 0 Å². The second-order valence-corrected chi connectivity index (χ2v) is 14.2. The molecule has 2 heterocycles. The molecule has 0 amide bonds. The topological polar surface area (TPSA) is 43.6 Å². The molecule has 0 aliphatic heterocycles. The van der Waals surface area contributed by atoms with Crippen molar-refractivity contribution < 1.29 is 0 Å². The van der Waals surface area contributed by atoms with E-state index in [2.05, 4.69) is 65.2 Å². The number of hydrogen-bond acceptors (Lipinski definition) is 3. The van der Waals surface area contributed by atoms with Crippen LogP contribution in [-0.4, -0.2) is 98.0 Å². The summed E-state index contributed by atoms with van der Waals surface area (Å²) >= 11 is 0. The lowest BCUT2D eigenvalue weighted by molar-refractivity contribution is 1.08. The number of aromatic nitrogens is 4. The lowest BCUT2D eigenvalue weighted by atomic mass is 9.60. The second-order valence-electron chi connectivity index (χ2n) is 14.2. The van der Waals surface area contributed by atoms with Gasteiger partial charge < -0.3 is 4.57 Å². The third-order valence-electron chi connectivity index (χ3n) is 10.8. The molecule has 0 aliphatic carbocycles. The summed E-state index contributed by atoms with van der Waals surface area (Å²) in [7, 11) is 63.3. The van der Waals surface area contributed by atoms with Crippen molar-refractivity contribution in [1.29, 1.82) is 0 Å². The summed E-state index contributed by atoms with van der Waals surface area (Å²) in [5.74, 6) is 0.279. The Morgan fingerprint density at radius 3 is 1.27 bits per heavy atom. The van der Waals surface area contributed by atoms with E-state index in [0.717, 1.165) is 49.7 Å². The molecule has 0 atom stereocenters. The minimum Gasteiger partial charge on any atom is -0.309 e. The van der Waals surface area contributed by atoms with E-state index in [0.29, 0.717) is 5.56 Å². The minimum absolute atomic E-state index is 0.0251. The molecule has 14 heteroatoms. The van der Waals surface area contributed by atoms with Crippen molar-refractivity contribution in [1.82, 2.24) is 19.5 Å². The van der Waals surface area contributed by atoms with Crippen LogP contribution in [0.4, 0.5) is 0 Å². The fraction of sp³-hybridized carbons (Fsp3) is 0. The van der Waals surface area contributed by atoms with Gasteiger partial charge in [-0.1, -0.05) is 113 Å². The fourth-order valence-electron chi connectivity index (χ4n) is 7.67. The van der Waals surface area contributed by atoms with E-state index in [1.807, 2.05) is 60.7 Å². The van der Waals surface area contributed by atoms with Crippen molar-refractivity contribution in [3.8, 4) is 62.1 Å². The maximum absolute atomic E-state index is 6.50. The van der Waals surface area contributed by atoms with Gasteiger partial charge >= 0.3 is 0 Å². The van der Waals surface area contributed by atoms with E-state index in [1.54, 1.807) is 0 Å². The average Bonchev–Trinajstić information content (AvgIpc) is 3.60. The molecule has 9 aromatic rings. The third kappa shape index (κ3) is 6.36. The van der Waals surface area contributed by atoms with Crippen LogP contribution in [0.2, 0.25) is 0 Å². The molecule has 7 aromatic carbocycles. The number of para-hydroxylation sites is 2. The van der Waals surface area contributed by atoms with E-state index in [-0.39, 0.29) is 83.2 Å². The van der Waals surface area contributed by atoms with E-state index in [9.17, 15) is 0 Å². The molecule has 250 valence electrons. The van der Waals surface area contributed by atoms with Gasteiger partial charge in [-0.3, -0.25) is 0 Å². The number of nitrogens with zero attached hydrogens (tertiary/aromatic N) is 4. The van der Waals surface area contributed by atoms with Crippen molar-refractivity contribution >= 4 is 155 Å². The standard InChI is InChI=1S/C45H20B10N4/c46-33-31(34(47)38(51)41(54)37(33)50)44-56-43(57-45(58-44)32-35(48)39(52)42(55)40(53)36(32)49)23-17-15-22(16-18-23)27-20-30-28(19-26(27)21-9-3-1-4-10-21)25-13-7-8-14-29(25)59(30)24-11-5-2-6-12-24/h1-20H. The van der Waals surface area contributed by atoms with Gasteiger partial charge in [-0.2, -0.15) is 0 Å². The maximum Gasteiger partial charge on any atom is 0.164 e. The molecule has 0 aliphatic rings. The Hall–Kier alpha value is -6.00. The van der Waals surface area contributed by atoms with Gasteiger partial charge in [0, 0.05) is 33.2 Å². The highest BCUT2D eigenvalue weighted by atomic mass is 15.0. The predicted molar refractivity (Wildman–Crippen MR) is 255 cm³/mol. The van der Waals surface area contributed by atoms with Crippen LogP contribution < -0.4 is 54.6 Å². The van der Waals surface area contributed by atoms with Crippen molar-refractivity contribution in [3.05, 3.63) is 121 Å². The first-order valence-electron chi connectivity index (χ1n) is 18.5. The molecule has 2 aromatic heterocycles. The lowest BCUT2D eigenvalue weighted by Crippen LogP contribution is -2.55. The molecule has 0 unspecified atom stereocenters. The molecule has 20 radical (unpaired) electrons. The Balaban J connectivity index is 1.27. The average molecular weight is 725 g/mol. The first-order valence-corrected chi connectivity index (χ1v) is 18.5. The summed E-state index contributed by atoms with van der Waals surface area (Å²) in [5.41, 5.74) is 8.57. The zero-order valence-corrected chi connectivity index (χ0v) is 31.6. The summed E-state index contributed by atoms with van der Waals surface area (Å²) in [4.78, 5) is 14.4. The molecule has 0 saturated heterocycles. The monoisotopic (exact) mass is 726 g/mol. The van der Waals surface area contributed by atoms with Gasteiger partial charge in [-0.25, -0.2) is 15.0 Å². The van der Waals surface area contributed by atoms with Gasteiger partial charge in [0.15, 0.2) is 17.5 Å². The van der Waals surface area contributed by atoms with Gasteiger partial charge in [0.2, 0.25) is 0 Å². The Bertz CT molecular complexity index is 3010. The summed E-state index contributed by atoms with van der Waals surface area (Å²) in [5, 5.41) is 2.29. The van der Waals surface area contributed by atoms with Gasteiger partial charge in [0.05, 0.1) is 11.0 Å². The Morgan fingerprint density at radius 2 is 0.729 bits per heavy atom. The highest BCUT2D eigenvalue weighted by molar-refractivity contribution is 6.69. The molecular weight excluding hydrogens is 705 g/mol. The summed E-state index contributed by atoms with van der Waals surface area (Å²) in [6.45, 7) is 0. The zero-order valence-electron chi connectivity index (χ0n) is 31.6. The summed E-state index contributed by atoms with van der Waals surface area (Å²) < 4.78 is 2.30. The minimum atomic E-state index is 0.0251. The highest BCUT2D eigenvalue weighted by Crippen LogP contribution is 2.41. The van der Waals surface area contributed by atoms with Crippen molar-refractivity contribution in [2.45, 2.75) is 0 Å². The van der Waals surface area contributed by atoms with Crippen LogP contribution in [-0.2, 0) is 0 Å². The van der Waals surface area contributed by atoms with Crippen molar-refractivity contribution in [3.63, 3.8) is 0 Å². The van der Waals surface area contributed by atoms with Crippen LogP contribution in [0, 0.1) is 0 Å². The van der Waals surface area contributed by atoms with Gasteiger partial charge in [0.1, 0.15) is 78.5 Å². The van der Waals surface area contributed by atoms with Crippen LogP contribution in [0.5, 0.6) is 0 Å². The smallest absolute Gasteiger partial charge is 0.164 e. The van der Waals surface area contributed by atoms with Crippen molar-refractivity contribution in [2.24, 2.45) is 0 Å². The summed E-state index contributed by atoms with van der Waals surface area (Å²) in [6.07, 6.45) is 0. The van der Waals surface area contributed by atoms with Crippen LogP contribution in [0.15, 0.2) is 121 Å². The number of fused-ring (bicyclic) bond motifs is 3. The first kappa shape index (κ1) is 38.5. The van der Waals surface area contributed by atoms with E-state index in [1.165, 1.54) is 0 Å². The Kier molecular flexibility index (Phi) is 9.78. The Morgan fingerprint density at radius 1 is 0.322 bits per heavy atom. The van der Waals surface area contributed by atoms with E-state index >= 15 is 0 Å². The second kappa shape index (κ2) is 15.0. The molecular formula is C45H20B10N4. The first-order chi connectivity index (χ1) is 28.4. The quantitative estimate of drug-likeness (QED) is 0.212. The number of benzene rings is 7. The zero-order chi connectivity index (χ0) is 41.3. The molecule has 0 bridgehead atoms. The molecule has 0 fully saturated rings. The largest absolute Gasteiger partial charge is 0.309 e. The SMILES string of the molecule is [B]c1c([B])c([B])c(-c2nc(-c3ccc(-c4cc5c(cc4-c4ccccc4)c4ccccc4n5-c4ccccc4)cc3)nc(-c3c([B])c([B])c([B])c([B])c3[B])n2)c([B])c1[B]. The number of rotatable bonds is 6. The predicted octanol–water partition coefficient (Wildman–Crippen LogP) is -0.758. The molecule has 0 spiro atoms. The normalized spacial score (nSPS) is 11.4. The highest BCUT2D eigenvalue weighted by Gasteiger charge is 2.22. The van der Waals surface area contributed by atoms with Crippen LogP contribution in [0.3, 0.4) is 0 Å².